The Kier molecular flexibility index (Phi) is 6.32. The van der Waals surface area contributed by atoms with Crippen LogP contribution in [-0.4, -0.2) is 43.1 Å². The molecule has 2 heterocycles. The van der Waals surface area contributed by atoms with E-state index in [-0.39, 0.29) is 24.4 Å². The fourth-order valence-corrected chi connectivity index (χ4v) is 4.41. The van der Waals surface area contributed by atoms with E-state index in [1.807, 2.05) is 5.38 Å². The number of thiazole rings is 1. The minimum Gasteiger partial charge on any atom is -0.463 e. The summed E-state index contributed by atoms with van der Waals surface area (Å²) in [5.41, 5.74) is 10.3. The third-order valence-corrected chi connectivity index (χ3v) is 5.48. The van der Waals surface area contributed by atoms with Crippen LogP contribution in [0.15, 0.2) is 33.4 Å². The van der Waals surface area contributed by atoms with Gasteiger partial charge in [0.1, 0.15) is 0 Å². The lowest BCUT2D eigenvalue weighted by molar-refractivity contribution is -0.139. The molecule has 7 nitrogen and oxygen atoms in total. The van der Waals surface area contributed by atoms with Crippen LogP contribution in [0.3, 0.4) is 0 Å². The maximum absolute atomic E-state index is 13.1. The number of ketones is 1. The zero-order valence-electron chi connectivity index (χ0n) is 16.5. The van der Waals surface area contributed by atoms with Gasteiger partial charge in [0.05, 0.1) is 48.2 Å². The number of nitrogens with two attached hydrogens (primary N) is 1. The second-order valence-electron chi connectivity index (χ2n) is 7.76. The van der Waals surface area contributed by atoms with Crippen LogP contribution in [0.2, 0.25) is 0 Å². The van der Waals surface area contributed by atoms with Crippen molar-refractivity contribution in [2.75, 3.05) is 26.4 Å². The van der Waals surface area contributed by atoms with Crippen molar-refractivity contribution in [2.45, 2.75) is 39.5 Å². The molecule has 0 fully saturated rings. The van der Waals surface area contributed by atoms with Crippen LogP contribution in [0.4, 0.5) is 0 Å². The number of hydrogen-bond donors (Lipinski definition) is 2. The average molecular weight is 406 g/mol. The molecule has 2 aliphatic rings. The molecule has 1 atom stereocenters. The summed E-state index contributed by atoms with van der Waals surface area (Å²) >= 11 is 1.44. The minimum atomic E-state index is -0.540. The molecule has 0 bridgehead atoms. The molecule has 1 aliphatic carbocycles. The number of ether oxygens (including phenoxy) is 2. The fraction of sp³-hybridized carbons (Fsp3) is 0.550. The first-order valence-electron chi connectivity index (χ1n) is 9.47. The van der Waals surface area contributed by atoms with Crippen molar-refractivity contribution in [3.8, 4) is 0 Å². The third-order valence-electron chi connectivity index (χ3n) is 4.88. The summed E-state index contributed by atoms with van der Waals surface area (Å²) in [6, 6.07) is 0. The molecule has 1 unspecified atom stereocenters. The third kappa shape index (κ3) is 4.19. The molecule has 0 saturated carbocycles. The standard InChI is InChI=1S/C20H27N3O4S/c1-4-27-19(25)18-13(9-26-6-5-21)23-12-7-20(2,3)8-15(24)16(12)17(18)14-10-28-11-22-14/h10-11,17,23H,4-9,21H2,1-3H3. The van der Waals surface area contributed by atoms with E-state index < -0.39 is 11.9 Å². The molecule has 8 heteroatoms. The van der Waals surface area contributed by atoms with Crippen molar-refractivity contribution < 1.29 is 19.1 Å². The van der Waals surface area contributed by atoms with Crippen LogP contribution in [0, 0.1) is 5.41 Å². The lowest BCUT2D eigenvalue weighted by Gasteiger charge is -2.39. The van der Waals surface area contributed by atoms with Crippen LogP contribution >= 0.6 is 11.3 Å². The minimum absolute atomic E-state index is 0.0421. The number of nitrogens with one attached hydrogen (secondary N) is 1. The van der Waals surface area contributed by atoms with Gasteiger partial charge in [-0.05, 0) is 18.8 Å². The number of carbonyl (C=O) groups excluding carboxylic acids is 2. The van der Waals surface area contributed by atoms with Crippen molar-refractivity contribution >= 4 is 23.1 Å². The number of Topliss-reactive ketones (excluding diaryl/α,β-unsaturated/α-hetero) is 1. The molecule has 0 radical (unpaired) electrons. The molecule has 3 N–H and O–H groups in total. The Bertz CT molecular complexity index is 811. The van der Waals surface area contributed by atoms with Gasteiger partial charge in [0.15, 0.2) is 5.78 Å². The van der Waals surface area contributed by atoms with Crippen LogP contribution in [-0.2, 0) is 19.1 Å². The Balaban J connectivity index is 2.11. The highest BCUT2D eigenvalue weighted by Crippen LogP contribution is 2.46. The van der Waals surface area contributed by atoms with E-state index in [9.17, 15) is 9.59 Å². The highest BCUT2D eigenvalue weighted by molar-refractivity contribution is 7.07. The number of rotatable bonds is 7. The molecule has 1 aliphatic heterocycles. The predicted molar refractivity (Wildman–Crippen MR) is 107 cm³/mol. The number of carbonyl (C=O) groups is 2. The quantitative estimate of drug-likeness (QED) is 0.530. The summed E-state index contributed by atoms with van der Waals surface area (Å²) in [6.45, 7) is 7.10. The van der Waals surface area contributed by atoms with Crippen LogP contribution in [0.25, 0.3) is 0 Å². The van der Waals surface area contributed by atoms with Gasteiger partial charge in [0.2, 0.25) is 0 Å². The van der Waals surface area contributed by atoms with Gasteiger partial charge >= 0.3 is 5.97 Å². The Morgan fingerprint density at radius 2 is 2.21 bits per heavy atom. The summed E-state index contributed by atoms with van der Waals surface area (Å²) in [7, 11) is 0. The molecule has 1 aromatic rings. The van der Waals surface area contributed by atoms with Gasteiger partial charge in [0.25, 0.3) is 0 Å². The molecule has 28 heavy (non-hydrogen) atoms. The lowest BCUT2D eigenvalue weighted by Crippen LogP contribution is -2.40. The van der Waals surface area contributed by atoms with Gasteiger partial charge in [-0.1, -0.05) is 13.8 Å². The molecular formula is C20H27N3O4S. The maximum Gasteiger partial charge on any atom is 0.336 e. The Morgan fingerprint density at radius 3 is 2.86 bits per heavy atom. The highest BCUT2D eigenvalue weighted by atomic mass is 32.1. The van der Waals surface area contributed by atoms with Gasteiger partial charge in [0, 0.05) is 29.6 Å². The first-order chi connectivity index (χ1) is 13.4. The molecule has 152 valence electrons. The first-order valence-corrected chi connectivity index (χ1v) is 10.4. The van der Waals surface area contributed by atoms with E-state index in [0.29, 0.717) is 48.5 Å². The van der Waals surface area contributed by atoms with Gasteiger partial charge in [-0.2, -0.15) is 0 Å². The van der Waals surface area contributed by atoms with Crippen molar-refractivity contribution in [1.29, 1.82) is 0 Å². The average Bonchev–Trinajstić information content (AvgIpc) is 3.14. The van der Waals surface area contributed by atoms with E-state index in [0.717, 1.165) is 5.70 Å². The largest absolute Gasteiger partial charge is 0.463 e. The van der Waals surface area contributed by atoms with E-state index >= 15 is 0 Å². The molecule has 3 rings (SSSR count). The number of esters is 1. The monoisotopic (exact) mass is 405 g/mol. The zero-order chi connectivity index (χ0) is 20.3. The zero-order valence-corrected chi connectivity index (χ0v) is 17.4. The van der Waals surface area contributed by atoms with Crippen LogP contribution in [0.5, 0.6) is 0 Å². The second-order valence-corrected chi connectivity index (χ2v) is 8.48. The second kappa shape index (κ2) is 8.55. The Labute approximate surface area is 169 Å². The van der Waals surface area contributed by atoms with Crippen molar-refractivity contribution in [3.63, 3.8) is 0 Å². The normalized spacial score (nSPS) is 21.4. The number of allylic oxidation sites excluding steroid dienone is 2. The lowest BCUT2D eigenvalue weighted by atomic mass is 9.69. The van der Waals surface area contributed by atoms with Gasteiger partial charge in [-0.15, -0.1) is 11.3 Å². The fourth-order valence-electron chi connectivity index (χ4n) is 3.83. The molecule has 0 saturated heterocycles. The van der Waals surface area contributed by atoms with Crippen molar-refractivity contribution in [3.05, 3.63) is 39.1 Å². The smallest absolute Gasteiger partial charge is 0.336 e. The number of aromatic nitrogens is 1. The topological polar surface area (TPSA) is 104 Å². The predicted octanol–water partition coefficient (Wildman–Crippen LogP) is 2.27. The van der Waals surface area contributed by atoms with E-state index in [1.165, 1.54) is 11.3 Å². The van der Waals surface area contributed by atoms with Gasteiger partial charge < -0.3 is 20.5 Å². The number of dihydropyridines is 1. The Hall–Kier alpha value is -2.03. The maximum atomic E-state index is 13.1. The molecular weight excluding hydrogens is 378 g/mol. The molecule has 1 aromatic heterocycles. The highest BCUT2D eigenvalue weighted by Gasteiger charge is 2.44. The number of nitrogens with zero attached hydrogens (tertiary/aromatic N) is 1. The summed E-state index contributed by atoms with van der Waals surface area (Å²) in [5.74, 6) is -0.953. The van der Waals surface area contributed by atoms with Crippen molar-refractivity contribution in [2.24, 2.45) is 11.1 Å². The van der Waals surface area contributed by atoms with Crippen LogP contribution < -0.4 is 11.1 Å². The van der Waals surface area contributed by atoms with Crippen molar-refractivity contribution in [1.82, 2.24) is 10.3 Å². The van der Waals surface area contributed by atoms with Gasteiger partial charge in [-0.25, -0.2) is 9.78 Å². The summed E-state index contributed by atoms with van der Waals surface area (Å²) in [4.78, 5) is 30.4. The van der Waals surface area contributed by atoms with Crippen LogP contribution in [0.1, 0.15) is 45.2 Å². The summed E-state index contributed by atoms with van der Waals surface area (Å²) < 4.78 is 11.0. The van der Waals surface area contributed by atoms with Gasteiger partial charge in [-0.3, -0.25) is 4.79 Å². The molecule has 0 amide bonds. The first kappa shape index (κ1) is 20.7. The van der Waals surface area contributed by atoms with E-state index in [2.05, 4.69) is 24.1 Å². The summed E-state index contributed by atoms with van der Waals surface area (Å²) in [6.07, 6.45) is 1.15. The molecule has 0 aromatic carbocycles. The van der Waals surface area contributed by atoms with E-state index in [1.54, 1.807) is 12.4 Å². The SMILES string of the molecule is CCOC(=O)C1=C(COCCN)NC2=C(C(=O)CC(C)(C)C2)C1c1cscn1. The Morgan fingerprint density at radius 1 is 1.43 bits per heavy atom. The van der Waals surface area contributed by atoms with E-state index in [4.69, 9.17) is 15.2 Å². The summed E-state index contributed by atoms with van der Waals surface area (Å²) in [5, 5.41) is 5.21. The number of hydrogen-bond acceptors (Lipinski definition) is 8. The molecule has 0 spiro atoms.